The summed E-state index contributed by atoms with van der Waals surface area (Å²) in [5.74, 6) is 0.171. The highest BCUT2D eigenvalue weighted by molar-refractivity contribution is 9.09. The predicted molar refractivity (Wildman–Crippen MR) is 86.1 cm³/mol. The molecule has 0 fully saturated rings. The van der Waals surface area contributed by atoms with E-state index in [9.17, 15) is 4.79 Å². The standard InChI is InChI=1S/C15H14Br2N2O/c16-12(14-5-1-3-7-18-14)9-11(20)10-13(17)15-6-2-4-8-19-15/h1-8,12-13H,9-10H2. The number of alkyl halides is 2. The van der Waals surface area contributed by atoms with Gasteiger partial charge in [0.15, 0.2) is 0 Å². The summed E-state index contributed by atoms with van der Waals surface area (Å²) in [4.78, 5) is 20.5. The minimum Gasteiger partial charge on any atom is -0.300 e. The molecule has 0 aromatic carbocycles. The topological polar surface area (TPSA) is 42.9 Å². The van der Waals surface area contributed by atoms with Crippen molar-refractivity contribution in [1.82, 2.24) is 9.97 Å². The molecule has 5 heteroatoms. The number of hydrogen-bond acceptors (Lipinski definition) is 3. The van der Waals surface area contributed by atoms with Gasteiger partial charge in [-0.15, -0.1) is 0 Å². The number of carbonyl (C=O) groups excluding carboxylic acids is 1. The van der Waals surface area contributed by atoms with Crippen molar-refractivity contribution in [2.75, 3.05) is 0 Å². The van der Waals surface area contributed by atoms with Crippen molar-refractivity contribution >= 4 is 37.6 Å². The van der Waals surface area contributed by atoms with Crippen LogP contribution in [0.2, 0.25) is 0 Å². The molecule has 0 N–H and O–H groups in total. The van der Waals surface area contributed by atoms with Crippen LogP contribution >= 0.6 is 31.9 Å². The largest absolute Gasteiger partial charge is 0.300 e. The number of pyridine rings is 2. The molecule has 0 aliphatic rings. The Balaban J connectivity index is 1.90. The molecule has 0 saturated carbocycles. The van der Waals surface area contributed by atoms with Crippen LogP contribution in [0.5, 0.6) is 0 Å². The van der Waals surface area contributed by atoms with Gasteiger partial charge in [-0.25, -0.2) is 0 Å². The van der Waals surface area contributed by atoms with Crippen molar-refractivity contribution in [1.29, 1.82) is 0 Å². The summed E-state index contributed by atoms with van der Waals surface area (Å²) in [5, 5.41) is 0. The van der Waals surface area contributed by atoms with Gasteiger partial charge in [-0.05, 0) is 24.3 Å². The zero-order valence-electron chi connectivity index (χ0n) is 10.7. The van der Waals surface area contributed by atoms with Gasteiger partial charge in [0, 0.05) is 25.2 Å². The monoisotopic (exact) mass is 396 g/mol. The molecule has 0 bridgehead atoms. The first kappa shape index (κ1) is 15.3. The van der Waals surface area contributed by atoms with Crippen LogP contribution in [-0.2, 0) is 4.79 Å². The van der Waals surface area contributed by atoms with Gasteiger partial charge >= 0.3 is 0 Å². The van der Waals surface area contributed by atoms with Gasteiger partial charge in [-0.1, -0.05) is 44.0 Å². The van der Waals surface area contributed by atoms with Gasteiger partial charge in [0.2, 0.25) is 0 Å². The van der Waals surface area contributed by atoms with Crippen LogP contribution < -0.4 is 0 Å². The second-order valence-electron chi connectivity index (χ2n) is 4.39. The Morgan fingerprint density at radius 3 is 1.70 bits per heavy atom. The van der Waals surface area contributed by atoms with E-state index >= 15 is 0 Å². The van der Waals surface area contributed by atoms with E-state index in [1.165, 1.54) is 0 Å². The van der Waals surface area contributed by atoms with Crippen molar-refractivity contribution in [3.63, 3.8) is 0 Å². The molecule has 0 amide bonds. The van der Waals surface area contributed by atoms with Crippen LogP contribution in [0.3, 0.4) is 0 Å². The second kappa shape index (κ2) is 7.64. The van der Waals surface area contributed by atoms with E-state index in [4.69, 9.17) is 0 Å². The molecule has 2 unspecified atom stereocenters. The lowest BCUT2D eigenvalue weighted by atomic mass is 10.1. The molecule has 0 aliphatic heterocycles. The molecule has 3 nitrogen and oxygen atoms in total. The fourth-order valence-corrected chi connectivity index (χ4v) is 3.08. The molecule has 20 heavy (non-hydrogen) atoms. The van der Waals surface area contributed by atoms with Gasteiger partial charge in [0.05, 0.1) is 21.0 Å². The molecule has 2 aromatic rings. The van der Waals surface area contributed by atoms with Crippen LogP contribution in [0.25, 0.3) is 0 Å². The maximum Gasteiger partial charge on any atom is 0.135 e. The van der Waals surface area contributed by atoms with Gasteiger partial charge in [-0.3, -0.25) is 14.8 Å². The predicted octanol–water partition coefficient (Wildman–Crippen LogP) is 4.40. The number of carbonyl (C=O) groups is 1. The molecular formula is C15H14Br2N2O. The van der Waals surface area contributed by atoms with Gasteiger partial charge in [-0.2, -0.15) is 0 Å². The fraction of sp³-hybridized carbons (Fsp3) is 0.267. The molecule has 104 valence electrons. The van der Waals surface area contributed by atoms with E-state index in [0.717, 1.165) is 11.4 Å². The van der Waals surface area contributed by atoms with E-state index < -0.39 is 0 Å². The highest BCUT2D eigenvalue weighted by Crippen LogP contribution is 2.29. The summed E-state index contributed by atoms with van der Waals surface area (Å²) in [6.07, 6.45) is 4.31. The Labute approximate surface area is 135 Å². The lowest BCUT2D eigenvalue weighted by Gasteiger charge is -2.11. The van der Waals surface area contributed by atoms with Gasteiger partial charge < -0.3 is 0 Å². The Morgan fingerprint density at radius 2 is 1.35 bits per heavy atom. The molecule has 2 heterocycles. The molecule has 0 spiro atoms. The number of nitrogens with zero attached hydrogens (tertiary/aromatic N) is 2. The number of ketones is 1. The van der Waals surface area contributed by atoms with Gasteiger partial charge in [0.1, 0.15) is 5.78 Å². The number of rotatable bonds is 6. The Morgan fingerprint density at radius 1 is 0.900 bits per heavy atom. The van der Waals surface area contributed by atoms with Crippen molar-refractivity contribution < 1.29 is 4.79 Å². The Bertz CT molecular complexity index is 499. The van der Waals surface area contributed by atoms with Crippen LogP contribution in [-0.4, -0.2) is 15.8 Å². The molecule has 0 saturated heterocycles. The fourth-order valence-electron chi connectivity index (χ4n) is 1.81. The lowest BCUT2D eigenvalue weighted by molar-refractivity contribution is -0.119. The number of Topliss-reactive ketones (excluding diaryl/α,β-unsaturated/α-hetero) is 1. The van der Waals surface area contributed by atoms with Crippen molar-refractivity contribution in [2.45, 2.75) is 22.5 Å². The summed E-state index contributed by atoms with van der Waals surface area (Å²) >= 11 is 7.04. The minimum atomic E-state index is -0.0420. The van der Waals surface area contributed by atoms with Crippen LogP contribution in [0.4, 0.5) is 0 Å². The highest BCUT2D eigenvalue weighted by Gasteiger charge is 2.18. The van der Waals surface area contributed by atoms with Crippen molar-refractivity contribution in [3.8, 4) is 0 Å². The van der Waals surface area contributed by atoms with E-state index in [2.05, 4.69) is 41.8 Å². The van der Waals surface area contributed by atoms with E-state index in [1.807, 2.05) is 36.4 Å². The summed E-state index contributed by atoms with van der Waals surface area (Å²) in [5.41, 5.74) is 1.76. The van der Waals surface area contributed by atoms with E-state index in [0.29, 0.717) is 12.8 Å². The average molecular weight is 398 g/mol. The summed E-state index contributed by atoms with van der Waals surface area (Å²) < 4.78 is 0. The van der Waals surface area contributed by atoms with Crippen LogP contribution in [0.15, 0.2) is 48.8 Å². The third kappa shape index (κ3) is 4.49. The smallest absolute Gasteiger partial charge is 0.135 e. The third-order valence-electron chi connectivity index (χ3n) is 2.83. The molecule has 0 radical (unpaired) electrons. The first-order chi connectivity index (χ1) is 9.66. The highest BCUT2D eigenvalue weighted by atomic mass is 79.9. The normalized spacial score (nSPS) is 13.7. The van der Waals surface area contributed by atoms with E-state index in [-0.39, 0.29) is 15.4 Å². The number of aromatic nitrogens is 2. The Hall–Kier alpha value is -1.07. The van der Waals surface area contributed by atoms with E-state index in [1.54, 1.807) is 12.4 Å². The minimum absolute atomic E-state index is 0.0420. The Kier molecular flexibility index (Phi) is 5.86. The molecule has 2 aromatic heterocycles. The first-order valence-electron chi connectivity index (χ1n) is 6.28. The zero-order chi connectivity index (χ0) is 14.4. The number of hydrogen-bond donors (Lipinski definition) is 0. The maximum atomic E-state index is 12.1. The second-order valence-corrected chi connectivity index (χ2v) is 6.60. The summed E-state index contributed by atoms with van der Waals surface area (Å²) in [6, 6.07) is 11.4. The van der Waals surface area contributed by atoms with Crippen molar-refractivity contribution in [2.24, 2.45) is 0 Å². The number of halogens is 2. The SMILES string of the molecule is O=C(CC(Br)c1ccccn1)CC(Br)c1ccccn1. The molecule has 2 atom stereocenters. The van der Waals surface area contributed by atoms with Crippen molar-refractivity contribution in [3.05, 3.63) is 60.2 Å². The third-order valence-corrected chi connectivity index (χ3v) is 4.42. The molecule has 0 aliphatic carbocycles. The summed E-state index contributed by atoms with van der Waals surface area (Å²) in [7, 11) is 0. The lowest BCUT2D eigenvalue weighted by Crippen LogP contribution is -2.07. The van der Waals surface area contributed by atoms with Crippen LogP contribution in [0.1, 0.15) is 33.9 Å². The first-order valence-corrected chi connectivity index (χ1v) is 8.11. The molecular weight excluding hydrogens is 384 g/mol. The van der Waals surface area contributed by atoms with Crippen LogP contribution in [0, 0.1) is 0 Å². The summed E-state index contributed by atoms with van der Waals surface area (Å²) in [6.45, 7) is 0. The average Bonchev–Trinajstić information content (AvgIpc) is 2.49. The zero-order valence-corrected chi connectivity index (χ0v) is 13.9. The quantitative estimate of drug-likeness (QED) is 0.678. The maximum absolute atomic E-state index is 12.1. The van der Waals surface area contributed by atoms with Gasteiger partial charge in [0.25, 0.3) is 0 Å². The molecule has 2 rings (SSSR count).